The van der Waals surface area contributed by atoms with Crippen LogP contribution in [0.2, 0.25) is 0 Å². The molecule has 0 heterocycles. The molecular weight excluding hydrogens is 524 g/mol. The smallest absolute Gasteiger partial charge is 0.337 e. The summed E-state index contributed by atoms with van der Waals surface area (Å²) in [5, 5.41) is 66.2. The van der Waals surface area contributed by atoms with E-state index in [0.717, 1.165) is 44.4 Å². The summed E-state index contributed by atoms with van der Waals surface area (Å²) < 4.78 is 0. The molecular formula is C28H45N2O10-. The van der Waals surface area contributed by atoms with Crippen LogP contribution < -0.4 is 11.1 Å². The minimum absolute atomic E-state index is 0. The van der Waals surface area contributed by atoms with Gasteiger partial charge in [-0.15, -0.1) is 0 Å². The number of aliphatic hydroxyl groups excluding tert-OH is 2. The molecule has 40 heavy (non-hydrogen) atoms. The summed E-state index contributed by atoms with van der Waals surface area (Å²) in [6.45, 7) is 5.70. The van der Waals surface area contributed by atoms with Gasteiger partial charge in [0.05, 0.1) is 0 Å². The lowest BCUT2D eigenvalue weighted by atomic mass is 10.1. The van der Waals surface area contributed by atoms with Crippen molar-refractivity contribution in [2.45, 2.75) is 77.4 Å². The van der Waals surface area contributed by atoms with Crippen molar-refractivity contribution in [3.05, 3.63) is 47.5 Å². The molecule has 0 saturated heterocycles. The standard InChI is InChI=1S/C14H21NO4.C8H8O5.C6H15N.H2O/c1-2-3-4-5-8-15-14(19)13(18)10-6-7-11(16)12(17)9-10;9-5-2-1-4(3-6(5)10)7(11)8(12)13;1-2-3-4-5-6-7;/h6-7,9,13,16-18H,2-5,8H2,1H3,(H,15,19);1-3,7,9-11H,(H,12,13);2-7H2,1H3;1H2/p-1. The predicted molar refractivity (Wildman–Crippen MR) is 149 cm³/mol. The molecule has 0 aromatic heterocycles. The van der Waals surface area contributed by atoms with Crippen molar-refractivity contribution in [1.82, 2.24) is 5.32 Å². The average molecular weight is 570 g/mol. The number of hydrogen-bond donors (Lipinski definition) is 9. The number of unbranched alkanes of at least 4 members (excludes halogenated alkanes) is 6. The zero-order chi connectivity index (χ0) is 29.8. The fourth-order valence-corrected chi connectivity index (χ4v) is 3.15. The van der Waals surface area contributed by atoms with Crippen LogP contribution in [0.3, 0.4) is 0 Å². The minimum Gasteiger partial charge on any atom is -0.870 e. The fraction of sp³-hybridized carbons (Fsp3) is 0.500. The van der Waals surface area contributed by atoms with E-state index in [4.69, 9.17) is 31.3 Å². The van der Waals surface area contributed by atoms with Gasteiger partial charge in [0, 0.05) is 6.54 Å². The Hall–Kier alpha value is -3.58. The third-order valence-corrected chi connectivity index (χ3v) is 5.50. The number of amides is 1. The Kier molecular flexibility index (Phi) is 21.5. The molecule has 2 aromatic rings. The van der Waals surface area contributed by atoms with Gasteiger partial charge in [0.1, 0.15) is 0 Å². The van der Waals surface area contributed by atoms with Crippen LogP contribution in [0.1, 0.15) is 88.5 Å². The van der Waals surface area contributed by atoms with Gasteiger partial charge in [-0.3, -0.25) is 4.79 Å². The van der Waals surface area contributed by atoms with Crippen molar-refractivity contribution >= 4 is 11.9 Å². The van der Waals surface area contributed by atoms with Crippen LogP contribution in [0.15, 0.2) is 36.4 Å². The first kappa shape index (κ1) is 38.6. The Balaban J connectivity index is 0. The van der Waals surface area contributed by atoms with Gasteiger partial charge < -0.3 is 52.3 Å². The summed E-state index contributed by atoms with van der Waals surface area (Å²) in [5.41, 5.74) is 5.54. The largest absolute Gasteiger partial charge is 0.870 e. The van der Waals surface area contributed by atoms with Gasteiger partial charge >= 0.3 is 5.97 Å². The number of aromatic hydroxyl groups is 4. The van der Waals surface area contributed by atoms with Gasteiger partial charge in [0.2, 0.25) is 0 Å². The van der Waals surface area contributed by atoms with Crippen LogP contribution in [0.25, 0.3) is 0 Å². The van der Waals surface area contributed by atoms with Gasteiger partial charge in [0.15, 0.2) is 35.2 Å². The number of nitrogens with two attached hydrogens (primary N) is 1. The van der Waals surface area contributed by atoms with Gasteiger partial charge in [-0.2, -0.15) is 0 Å². The van der Waals surface area contributed by atoms with Crippen molar-refractivity contribution in [3.8, 4) is 23.0 Å². The summed E-state index contributed by atoms with van der Waals surface area (Å²) in [6, 6.07) is 7.13. The van der Waals surface area contributed by atoms with E-state index in [9.17, 15) is 19.8 Å². The lowest BCUT2D eigenvalue weighted by Gasteiger charge is -2.12. The van der Waals surface area contributed by atoms with Crippen LogP contribution >= 0.6 is 0 Å². The van der Waals surface area contributed by atoms with Gasteiger partial charge in [-0.25, -0.2) is 4.79 Å². The molecule has 0 saturated carbocycles. The fourth-order valence-electron chi connectivity index (χ4n) is 3.15. The second-order valence-corrected chi connectivity index (χ2v) is 8.84. The Labute approximate surface area is 235 Å². The average Bonchev–Trinajstić information content (AvgIpc) is 2.91. The first-order chi connectivity index (χ1) is 18.5. The van der Waals surface area contributed by atoms with Gasteiger partial charge in [-0.05, 0) is 54.8 Å². The molecule has 2 atom stereocenters. The molecule has 0 bridgehead atoms. The molecule has 2 rings (SSSR count). The number of carboxylic acid groups (broad SMARTS) is 1. The third-order valence-electron chi connectivity index (χ3n) is 5.50. The molecule has 0 spiro atoms. The predicted octanol–water partition coefficient (Wildman–Crippen LogP) is 3.39. The van der Waals surface area contributed by atoms with E-state index in [1.165, 1.54) is 49.9 Å². The van der Waals surface area contributed by atoms with E-state index in [1.54, 1.807) is 0 Å². The summed E-state index contributed by atoms with van der Waals surface area (Å²) in [4.78, 5) is 22.0. The molecule has 0 radical (unpaired) electrons. The highest BCUT2D eigenvalue weighted by Crippen LogP contribution is 2.28. The summed E-state index contributed by atoms with van der Waals surface area (Å²) in [7, 11) is 0. The lowest BCUT2D eigenvalue weighted by Crippen LogP contribution is -2.30. The van der Waals surface area contributed by atoms with E-state index >= 15 is 0 Å². The maximum absolute atomic E-state index is 11.7. The van der Waals surface area contributed by atoms with Crippen molar-refractivity contribution < 1.29 is 50.8 Å². The molecule has 0 aliphatic heterocycles. The van der Waals surface area contributed by atoms with Crippen molar-refractivity contribution in [3.63, 3.8) is 0 Å². The van der Waals surface area contributed by atoms with Crippen LogP contribution in [0.5, 0.6) is 23.0 Å². The molecule has 228 valence electrons. The number of rotatable bonds is 13. The second kappa shape index (κ2) is 22.3. The van der Waals surface area contributed by atoms with Crippen LogP contribution in [0, 0.1) is 0 Å². The number of hydrogen-bond acceptors (Lipinski definition) is 10. The van der Waals surface area contributed by atoms with Gasteiger partial charge in [0.25, 0.3) is 5.91 Å². The molecule has 12 heteroatoms. The molecule has 2 unspecified atom stereocenters. The molecule has 12 nitrogen and oxygen atoms in total. The SMILES string of the molecule is CCCCCCN.CCCCCCNC(=O)C(O)c1ccc(O)c(O)c1.O=C(O)C(O)c1ccc(O)c(O)c1.[OH-]. The van der Waals surface area contributed by atoms with E-state index in [1.807, 2.05) is 0 Å². The Bertz CT molecular complexity index is 984. The number of benzene rings is 2. The highest BCUT2D eigenvalue weighted by molar-refractivity contribution is 5.82. The number of phenolic OH excluding ortho intramolecular Hbond substituents is 4. The number of nitrogens with one attached hydrogen (secondary N) is 1. The van der Waals surface area contributed by atoms with Crippen molar-refractivity contribution in [2.75, 3.05) is 13.1 Å². The van der Waals surface area contributed by atoms with Gasteiger partial charge in [-0.1, -0.05) is 64.5 Å². The Morgan fingerprint density at radius 3 is 1.57 bits per heavy atom. The normalized spacial score (nSPS) is 11.4. The first-order valence-corrected chi connectivity index (χ1v) is 13.1. The zero-order valence-corrected chi connectivity index (χ0v) is 23.2. The highest BCUT2D eigenvalue weighted by Gasteiger charge is 2.18. The zero-order valence-electron chi connectivity index (χ0n) is 23.2. The van der Waals surface area contributed by atoms with Crippen molar-refractivity contribution in [2.24, 2.45) is 5.73 Å². The van der Waals surface area contributed by atoms with E-state index in [2.05, 4.69) is 19.2 Å². The monoisotopic (exact) mass is 569 g/mol. The molecule has 0 aliphatic carbocycles. The summed E-state index contributed by atoms with van der Waals surface area (Å²) in [6.07, 6.45) is 6.33. The Morgan fingerprint density at radius 2 is 1.18 bits per heavy atom. The summed E-state index contributed by atoms with van der Waals surface area (Å²) in [5.74, 6) is -3.37. The molecule has 1 amide bonds. The maximum atomic E-state index is 11.7. The molecule has 0 aliphatic rings. The number of carbonyl (C=O) groups excluding carboxylic acids is 1. The Morgan fingerprint density at radius 1 is 0.725 bits per heavy atom. The van der Waals surface area contributed by atoms with Crippen LogP contribution in [0.4, 0.5) is 0 Å². The highest BCUT2D eigenvalue weighted by atomic mass is 16.4. The number of aliphatic carboxylic acids is 1. The third kappa shape index (κ3) is 15.7. The quantitative estimate of drug-likeness (QED) is 0.125. The number of carbonyl (C=O) groups is 2. The topological polar surface area (TPSA) is 244 Å². The van der Waals surface area contributed by atoms with Crippen molar-refractivity contribution in [1.29, 1.82) is 0 Å². The molecule has 0 fully saturated rings. The summed E-state index contributed by atoms with van der Waals surface area (Å²) >= 11 is 0. The first-order valence-electron chi connectivity index (χ1n) is 13.1. The second-order valence-electron chi connectivity index (χ2n) is 8.84. The molecule has 11 N–H and O–H groups in total. The maximum Gasteiger partial charge on any atom is 0.337 e. The number of phenols is 4. The lowest BCUT2D eigenvalue weighted by molar-refractivity contribution is -0.147. The van der Waals surface area contributed by atoms with E-state index in [0.29, 0.717) is 6.54 Å². The van der Waals surface area contributed by atoms with E-state index < -0.39 is 29.8 Å². The number of carboxylic acids is 1. The van der Waals surface area contributed by atoms with Crippen LogP contribution in [-0.2, 0) is 9.59 Å². The number of aliphatic hydroxyl groups is 2. The molecule has 2 aromatic carbocycles. The van der Waals surface area contributed by atoms with Crippen LogP contribution in [-0.4, -0.2) is 66.2 Å². The van der Waals surface area contributed by atoms with E-state index in [-0.39, 0.29) is 33.9 Å². The minimum atomic E-state index is -1.69.